The van der Waals surface area contributed by atoms with Crippen LogP contribution >= 0.6 is 11.6 Å². The van der Waals surface area contributed by atoms with Gasteiger partial charge in [-0.15, -0.1) is 11.6 Å². The summed E-state index contributed by atoms with van der Waals surface area (Å²) >= 11 is 5.80. The summed E-state index contributed by atoms with van der Waals surface area (Å²) in [5.74, 6) is 0.0283. The fraction of sp³-hybridized carbons (Fsp3) is 0.300. The van der Waals surface area contributed by atoms with Crippen molar-refractivity contribution >= 4 is 17.4 Å². The summed E-state index contributed by atoms with van der Waals surface area (Å²) < 4.78 is 0. The van der Waals surface area contributed by atoms with E-state index in [1.165, 1.54) is 6.92 Å². The zero-order valence-electron chi connectivity index (χ0n) is 6.96. The second-order valence-corrected chi connectivity index (χ2v) is 3.29. The number of alkyl halides is 1. The summed E-state index contributed by atoms with van der Waals surface area (Å²) in [5.41, 5.74) is 1.10. The molecule has 0 saturated heterocycles. The quantitative estimate of drug-likeness (QED) is 0.657. The minimum atomic E-state index is -0.382. The van der Waals surface area contributed by atoms with Gasteiger partial charge in [-0.1, -0.05) is 30.3 Å². The number of carbonyl (C=O) groups excluding carboxylic acids is 1. The lowest BCUT2D eigenvalue weighted by Gasteiger charge is -2.04. The molecule has 0 unspecified atom stereocenters. The monoisotopic (exact) mass is 182 g/mol. The van der Waals surface area contributed by atoms with Crippen molar-refractivity contribution in [1.29, 1.82) is 0 Å². The van der Waals surface area contributed by atoms with Crippen molar-refractivity contribution in [1.82, 2.24) is 0 Å². The van der Waals surface area contributed by atoms with Gasteiger partial charge >= 0.3 is 0 Å². The maximum atomic E-state index is 10.8. The van der Waals surface area contributed by atoms with Crippen molar-refractivity contribution in [3.8, 4) is 0 Å². The molecule has 1 aromatic rings. The normalized spacial score (nSPS) is 12.5. The Kier molecular flexibility index (Phi) is 3.30. The van der Waals surface area contributed by atoms with Gasteiger partial charge in [0, 0.05) is 0 Å². The van der Waals surface area contributed by atoms with Crippen LogP contribution in [-0.4, -0.2) is 11.2 Å². The molecule has 1 aromatic carbocycles. The molecule has 0 bridgehead atoms. The molecule has 1 rings (SSSR count). The number of rotatable bonds is 3. The van der Waals surface area contributed by atoms with Crippen molar-refractivity contribution in [3.05, 3.63) is 35.9 Å². The summed E-state index contributed by atoms with van der Waals surface area (Å²) in [6.07, 6.45) is 0.623. The fourth-order valence-corrected chi connectivity index (χ4v) is 1.14. The lowest BCUT2D eigenvalue weighted by atomic mass is 10.1. The number of ketones is 1. The molecule has 0 amide bonds. The van der Waals surface area contributed by atoms with Gasteiger partial charge in [-0.2, -0.15) is 0 Å². The van der Waals surface area contributed by atoms with Gasteiger partial charge in [-0.3, -0.25) is 4.79 Å². The molecule has 2 heteroatoms. The van der Waals surface area contributed by atoms with E-state index in [1.807, 2.05) is 30.3 Å². The van der Waals surface area contributed by atoms with E-state index < -0.39 is 0 Å². The maximum absolute atomic E-state index is 10.8. The fourth-order valence-electron chi connectivity index (χ4n) is 0.965. The first-order valence-electron chi connectivity index (χ1n) is 3.88. The number of halogens is 1. The predicted molar refractivity (Wildman–Crippen MR) is 50.5 cm³/mol. The molecule has 1 atom stereocenters. The van der Waals surface area contributed by atoms with Crippen LogP contribution in [0.15, 0.2) is 30.3 Å². The van der Waals surface area contributed by atoms with Gasteiger partial charge in [0.1, 0.15) is 5.78 Å². The summed E-state index contributed by atoms with van der Waals surface area (Å²) in [5, 5.41) is -0.382. The van der Waals surface area contributed by atoms with Crippen LogP contribution < -0.4 is 0 Å². The van der Waals surface area contributed by atoms with E-state index in [9.17, 15) is 4.79 Å². The van der Waals surface area contributed by atoms with Crippen LogP contribution in [0, 0.1) is 0 Å². The second kappa shape index (κ2) is 4.27. The highest BCUT2D eigenvalue weighted by atomic mass is 35.5. The van der Waals surface area contributed by atoms with Gasteiger partial charge in [0.2, 0.25) is 0 Å². The summed E-state index contributed by atoms with van der Waals surface area (Å²) in [7, 11) is 0. The van der Waals surface area contributed by atoms with E-state index >= 15 is 0 Å². The van der Waals surface area contributed by atoms with Crippen molar-refractivity contribution in [2.45, 2.75) is 18.7 Å². The molecule has 0 N–H and O–H groups in total. The molecule has 0 fully saturated rings. The van der Waals surface area contributed by atoms with Gasteiger partial charge < -0.3 is 0 Å². The number of benzene rings is 1. The number of carbonyl (C=O) groups is 1. The maximum Gasteiger partial charge on any atom is 0.147 e. The van der Waals surface area contributed by atoms with Crippen LogP contribution in [0.2, 0.25) is 0 Å². The number of Topliss-reactive ketones (excluding diaryl/α,β-unsaturated/α-hetero) is 1. The predicted octanol–water partition coefficient (Wildman–Crippen LogP) is 2.43. The minimum Gasteiger partial charge on any atom is -0.298 e. The van der Waals surface area contributed by atoms with E-state index in [-0.39, 0.29) is 11.2 Å². The highest BCUT2D eigenvalue weighted by Crippen LogP contribution is 2.08. The van der Waals surface area contributed by atoms with Gasteiger partial charge in [-0.05, 0) is 18.9 Å². The van der Waals surface area contributed by atoms with Crippen LogP contribution in [0.4, 0.5) is 0 Å². The molecule has 0 heterocycles. The number of hydrogen-bond acceptors (Lipinski definition) is 1. The molecule has 64 valence electrons. The SMILES string of the molecule is CC(=O)[C@@H](Cl)Cc1ccccc1. The lowest BCUT2D eigenvalue weighted by Crippen LogP contribution is -2.12. The van der Waals surface area contributed by atoms with Gasteiger partial charge in [0.25, 0.3) is 0 Å². The van der Waals surface area contributed by atoms with Crippen LogP contribution in [0.25, 0.3) is 0 Å². The Balaban J connectivity index is 2.58. The van der Waals surface area contributed by atoms with Crippen molar-refractivity contribution in [2.24, 2.45) is 0 Å². The molecular formula is C10H11ClO. The second-order valence-electron chi connectivity index (χ2n) is 2.77. The van der Waals surface area contributed by atoms with E-state index in [1.54, 1.807) is 0 Å². The van der Waals surface area contributed by atoms with Crippen LogP contribution in [0.3, 0.4) is 0 Å². The van der Waals surface area contributed by atoms with Crippen LogP contribution in [0.1, 0.15) is 12.5 Å². The molecule has 12 heavy (non-hydrogen) atoms. The van der Waals surface area contributed by atoms with Crippen LogP contribution in [0.5, 0.6) is 0 Å². The van der Waals surface area contributed by atoms with Crippen molar-refractivity contribution in [2.75, 3.05) is 0 Å². The van der Waals surface area contributed by atoms with E-state index in [0.29, 0.717) is 6.42 Å². The molecule has 0 aromatic heterocycles. The molecule has 0 spiro atoms. The smallest absolute Gasteiger partial charge is 0.147 e. The molecule has 0 saturated carbocycles. The van der Waals surface area contributed by atoms with Crippen molar-refractivity contribution < 1.29 is 4.79 Å². The largest absolute Gasteiger partial charge is 0.298 e. The molecular weight excluding hydrogens is 172 g/mol. The molecule has 0 aliphatic heterocycles. The summed E-state index contributed by atoms with van der Waals surface area (Å²) in [6, 6.07) is 9.77. The van der Waals surface area contributed by atoms with Gasteiger partial charge in [0.05, 0.1) is 5.38 Å². The molecule has 1 nitrogen and oxygen atoms in total. The Morgan fingerprint density at radius 2 is 2.00 bits per heavy atom. The Morgan fingerprint density at radius 3 is 2.50 bits per heavy atom. The number of hydrogen-bond donors (Lipinski definition) is 0. The van der Waals surface area contributed by atoms with E-state index in [0.717, 1.165) is 5.56 Å². The first-order chi connectivity index (χ1) is 5.70. The zero-order valence-corrected chi connectivity index (χ0v) is 7.71. The van der Waals surface area contributed by atoms with Crippen LogP contribution in [-0.2, 0) is 11.2 Å². The molecule has 0 aliphatic rings. The Morgan fingerprint density at radius 1 is 1.42 bits per heavy atom. The summed E-state index contributed by atoms with van der Waals surface area (Å²) in [4.78, 5) is 10.8. The van der Waals surface area contributed by atoms with Crippen molar-refractivity contribution in [3.63, 3.8) is 0 Å². The Bertz CT molecular complexity index is 256. The highest BCUT2D eigenvalue weighted by molar-refractivity contribution is 6.30. The average molecular weight is 183 g/mol. The standard InChI is InChI=1S/C10H11ClO/c1-8(12)10(11)7-9-5-3-2-4-6-9/h2-6,10H,7H2,1H3/t10-/m0/s1. The zero-order chi connectivity index (χ0) is 8.97. The average Bonchev–Trinajstić information content (AvgIpc) is 2.06. The Labute approximate surface area is 77.4 Å². The van der Waals surface area contributed by atoms with Gasteiger partial charge in [0.15, 0.2) is 0 Å². The third kappa shape index (κ3) is 2.67. The summed E-state index contributed by atoms with van der Waals surface area (Å²) in [6.45, 7) is 1.51. The minimum absolute atomic E-state index is 0.0283. The topological polar surface area (TPSA) is 17.1 Å². The van der Waals surface area contributed by atoms with E-state index in [4.69, 9.17) is 11.6 Å². The third-order valence-electron chi connectivity index (χ3n) is 1.70. The third-order valence-corrected chi connectivity index (χ3v) is 2.16. The lowest BCUT2D eigenvalue weighted by molar-refractivity contribution is -0.116. The van der Waals surface area contributed by atoms with E-state index in [2.05, 4.69) is 0 Å². The van der Waals surface area contributed by atoms with Gasteiger partial charge in [-0.25, -0.2) is 0 Å². The Hall–Kier alpha value is -0.820. The first-order valence-corrected chi connectivity index (χ1v) is 4.32. The molecule has 0 aliphatic carbocycles. The molecule has 0 radical (unpaired) electrons. The highest BCUT2D eigenvalue weighted by Gasteiger charge is 2.09. The first kappa shape index (κ1) is 9.27.